The van der Waals surface area contributed by atoms with Gasteiger partial charge in [0.1, 0.15) is 30.0 Å². The molecule has 0 spiro atoms. The summed E-state index contributed by atoms with van der Waals surface area (Å²) in [4.78, 5) is 0. The first-order chi connectivity index (χ1) is 10.8. The number of alkyl halides is 3. The third-order valence-corrected chi connectivity index (χ3v) is 3.08. The molecule has 2 N–H and O–H groups in total. The summed E-state index contributed by atoms with van der Waals surface area (Å²) in [7, 11) is 0. The molecule has 1 aromatic heterocycles. The van der Waals surface area contributed by atoms with Crippen LogP contribution >= 0.6 is 0 Å². The molecule has 0 aliphatic carbocycles. The van der Waals surface area contributed by atoms with E-state index >= 15 is 0 Å². The van der Waals surface area contributed by atoms with Crippen LogP contribution in [-0.4, -0.2) is 24.4 Å². The molecule has 23 heavy (non-hydrogen) atoms. The van der Waals surface area contributed by atoms with E-state index in [1.807, 2.05) is 19.1 Å². The minimum atomic E-state index is -4.42. The molecule has 0 saturated heterocycles. The molecule has 0 amide bonds. The zero-order valence-corrected chi connectivity index (χ0v) is 12.6. The van der Waals surface area contributed by atoms with Crippen molar-refractivity contribution in [1.82, 2.24) is 5.32 Å². The summed E-state index contributed by atoms with van der Waals surface area (Å²) >= 11 is 0. The van der Waals surface area contributed by atoms with Gasteiger partial charge in [0, 0.05) is 6.54 Å². The van der Waals surface area contributed by atoms with Crippen LogP contribution in [0.5, 0.6) is 5.75 Å². The summed E-state index contributed by atoms with van der Waals surface area (Å²) in [5.74, 6) is 1.62. The van der Waals surface area contributed by atoms with Gasteiger partial charge in [-0.25, -0.2) is 0 Å². The van der Waals surface area contributed by atoms with E-state index in [-0.39, 0.29) is 18.9 Å². The first-order valence-electron chi connectivity index (χ1n) is 7.09. The third-order valence-electron chi connectivity index (χ3n) is 3.08. The summed E-state index contributed by atoms with van der Waals surface area (Å²) in [5, 5.41) is 12.8. The fraction of sp³-hybridized carbons (Fsp3) is 0.375. The molecule has 2 rings (SSSR count). The maximum atomic E-state index is 12.6. The first kappa shape index (κ1) is 17.4. The van der Waals surface area contributed by atoms with Crippen LogP contribution in [0, 0.1) is 6.92 Å². The number of aliphatic hydroxyl groups excluding tert-OH is 1. The van der Waals surface area contributed by atoms with Gasteiger partial charge in [0.05, 0.1) is 12.1 Å². The Hall–Kier alpha value is -1.99. The Labute approximate surface area is 131 Å². The Morgan fingerprint density at radius 1 is 1.26 bits per heavy atom. The van der Waals surface area contributed by atoms with Crippen LogP contribution in [0.15, 0.2) is 40.8 Å². The minimum absolute atomic E-state index is 0.0699. The Morgan fingerprint density at radius 2 is 2.04 bits per heavy atom. The van der Waals surface area contributed by atoms with Gasteiger partial charge in [0.15, 0.2) is 0 Å². The van der Waals surface area contributed by atoms with Crippen molar-refractivity contribution in [2.45, 2.75) is 25.7 Å². The molecule has 0 aliphatic rings. The second-order valence-electron chi connectivity index (χ2n) is 5.13. The van der Waals surface area contributed by atoms with Gasteiger partial charge in [-0.15, -0.1) is 0 Å². The molecule has 0 saturated carbocycles. The number of halogens is 3. The monoisotopic (exact) mass is 329 g/mol. The fourth-order valence-electron chi connectivity index (χ4n) is 1.96. The molecule has 0 aliphatic heterocycles. The van der Waals surface area contributed by atoms with Crippen LogP contribution in [-0.2, 0) is 12.7 Å². The number of rotatable bonds is 7. The Morgan fingerprint density at radius 3 is 2.70 bits per heavy atom. The van der Waals surface area contributed by atoms with Crippen molar-refractivity contribution in [2.75, 3.05) is 13.2 Å². The normalized spacial score (nSPS) is 13.1. The fourth-order valence-corrected chi connectivity index (χ4v) is 1.96. The van der Waals surface area contributed by atoms with E-state index in [4.69, 9.17) is 9.15 Å². The van der Waals surface area contributed by atoms with Crippen LogP contribution in [0.25, 0.3) is 0 Å². The van der Waals surface area contributed by atoms with Gasteiger partial charge < -0.3 is 19.6 Å². The number of hydrogen-bond acceptors (Lipinski definition) is 4. The van der Waals surface area contributed by atoms with Crippen LogP contribution in [0.3, 0.4) is 0 Å². The highest BCUT2D eigenvalue weighted by Crippen LogP contribution is 2.31. The summed E-state index contributed by atoms with van der Waals surface area (Å²) < 4.78 is 48.3. The largest absolute Gasteiger partial charge is 0.491 e. The van der Waals surface area contributed by atoms with Gasteiger partial charge in [-0.3, -0.25) is 0 Å². The first-order valence-corrected chi connectivity index (χ1v) is 7.09. The van der Waals surface area contributed by atoms with Crippen molar-refractivity contribution in [2.24, 2.45) is 0 Å². The van der Waals surface area contributed by atoms with Gasteiger partial charge in [0.2, 0.25) is 0 Å². The van der Waals surface area contributed by atoms with E-state index in [1.54, 1.807) is 0 Å². The molecule has 1 unspecified atom stereocenters. The summed E-state index contributed by atoms with van der Waals surface area (Å²) in [5.41, 5.74) is -0.782. The summed E-state index contributed by atoms with van der Waals surface area (Å²) in [6.45, 7) is 2.42. The van der Waals surface area contributed by atoms with Gasteiger partial charge in [-0.2, -0.15) is 13.2 Å². The maximum Gasteiger partial charge on any atom is 0.416 e. The molecule has 4 nitrogen and oxygen atoms in total. The predicted octanol–water partition coefficient (Wildman–Crippen LogP) is 3.14. The molecule has 1 aromatic carbocycles. The topological polar surface area (TPSA) is 54.6 Å². The van der Waals surface area contributed by atoms with Gasteiger partial charge in [-0.1, -0.05) is 6.07 Å². The van der Waals surface area contributed by atoms with Crippen molar-refractivity contribution in [3.05, 3.63) is 53.5 Å². The van der Waals surface area contributed by atoms with Crippen molar-refractivity contribution >= 4 is 0 Å². The second kappa shape index (κ2) is 7.52. The Balaban J connectivity index is 1.74. The van der Waals surface area contributed by atoms with Crippen molar-refractivity contribution in [3.8, 4) is 5.75 Å². The lowest BCUT2D eigenvalue weighted by atomic mass is 10.2. The van der Waals surface area contributed by atoms with Gasteiger partial charge in [0.25, 0.3) is 0 Å². The molecule has 1 heterocycles. The maximum absolute atomic E-state index is 12.6. The third kappa shape index (κ3) is 5.61. The lowest BCUT2D eigenvalue weighted by Crippen LogP contribution is -2.31. The highest BCUT2D eigenvalue weighted by atomic mass is 19.4. The second-order valence-corrected chi connectivity index (χ2v) is 5.13. The quantitative estimate of drug-likeness (QED) is 0.819. The summed E-state index contributed by atoms with van der Waals surface area (Å²) in [6, 6.07) is 8.23. The van der Waals surface area contributed by atoms with Gasteiger partial charge >= 0.3 is 6.18 Å². The van der Waals surface area contributed by atoms with E-state index in [1.165, 1.54) is 12.1 Å². The number of ether oxygens (including phenoxy) is 1. The SMILES string of the molecule is Cc1ccc(CNCC(O)COc2cccc(C(F)(F)F)c2)o1. The Kier molecular flexibility index (Phi) is 5.68. The molecule has 0 fully saturated rings. The zero-order chi connectivity index (χ0) is 16.9. The lowest BCUT2D eigenvalue weighted by Gasteiger charge is -2.14. The number of aryl methyl sites for hydroxylation is 1. The van der Waals surface area contributed by atoms with Crippen LogP contribution in [0.1, 0.15) is 17.1 Å². The molecule has 0 radical (unpaired) electrons. The highest BCUT2D eigenvalue weighted by molar-refractivity contribution is 5.30. The average Bonchev–Trinajstić information content (AvgIpc) is 2.90. The van der Waals surface area contributed by atoms with Crippen LogP contribution < -0.4 is 10.1 Å². The predicted molar refractivity (Wildman–Crippen MR) is 78.1 cm³/mol. The van der Waals surface area contributed by atoms with E-state index in [9.17, 15) is 18.3 Å². The van der Waals surface area contributed by atoms with Crippen LogP contribution in [0.2, 0.25) is 0 Å². The van der Waals surface area contributed by atoms with Crippen molar-refractivity contribution in [1.29, 1.82) is 0 Å². The van der Waals surface area contributed by atoms with Crippen molar-refractivity contribution in [3.63, 3.8) is 0 Å². The van der Waals surface area contributed by atoms with Crippen molar-refractivity contribution < 1.29 is 27.4 Å². The number of furan rings is 1. The number of nitrogens with one attached hydrogen (secondary N) is 1. The number of benzene rings is 1. The lowest BCUT2D eigenvalue weighted by molar-refractivity contribution is -0.137. The number of aliphatic hydroxyl groups is 1. The summed E-state index contributed by atoms with van der Waals surface area (Å²) in [6.07, 6.45) is -5.26. The van der Waals surface area contributed by atoms with E-state index in [2.05, 4.69) is 5.32 Å². The molecule has 7 heteroatoms. The Bertz CT molecular complexity index is 625. The molecule has 2 aromatic rings. The average molecular weight is 329 g/mol. The minimum Gasteiger partial charge on any atom is -0.491 e. The van der Waals surface area contributed by atoms with Gasteiger partial charge in [-0.05, 0) is 37.3 Å². The number of hydrogen-bond donors (Lipinski definition) is 2. The molecular formula is C16H18F3NO3. The van der Waals surface area contributed by atoms with E-state index in [0.717, 1.165) is 23.7 Å². The standard InChI is InChI=1S/C16H18F3NO3/c1-11-5-6-15(23-11)9-20-8-13(21)10-22-14-4-2-3-12(7-14)16(17,18)19/h2-7,13,20-21H,8-10H2,1H3. The smallest absolute Gasteiger partial charge is 0.416 e. The molecule has 126 valence electrons. The zero-order valence-electron chi connectivity index (χ0n) is 12.6. The highest BCUT2D eigenvalue weighted by Gasteiger charge is 2.30. The van der Waals surface area contributed by atoms with E-state index < -0.39 is 17.8 Å². The molecular weight excluding hydrogens is 311 g/mol. The molecule has 1 atom stereocenters. The van der Waals surface area contributed by atoms with E-state index in [0.29, 0.717) is 6.54 Å². The molecule has 0 bridgehead atoms. The van der Waals surface area contributed by atoms with Crippen LogP contribution in [0.4, 0.5) is 13.2 Å².